The Kier molecular flexibility index (Phi) is 4.33. The van der Waals surface area contributed by atoms with Gasteiger partial charge in [-0.2, -0.15) is 0 Å². The summed E-state index contributed by atoms with van der Waals surface area (Å²) in [6.07, 6.45) is 5.08. The van der Waals surface area contributed by atoms with E-state index < -0.39 is 14.1 Å². The summed E-state index contributed by atoms with van der Waals surface area (Å²) < 4.78 is 24.3. The average molecular weight is 312 g/mol. The van der Waals surface area contributed by atoms with Crippen molar-refractivity contribution in [1.82, 2.24) is 0 Å². The molecular weight excluding hydrogens is 284 g/mol. The van der Waals surface area contributed by atoms with Crippen molar-refractivity contribution in [2.75, 3.05) is 0 Å². The summed E-state index contributed by atoms with van der Waals surface area (Å²) in [5, 5.41) is 0.126. The van der Waals surface area contributed by atoms with Gasteiger partial charge in [-0.05, 0) is 32.0 Å². The molecule has 0 amide bonds. The van der Waals surface area contributed by atoms with E-state index in [4.69, 9.17) is 25.1 Å². The standard InChI is InChI=1S/C16H28O4Si/c1-9-10-11-12(20-21(7,8)15(2,3)4)13-14(17-11)19-16(5,6)18-13/h1,11-14H,10H2,2-8H3/t11-,12-,13-,14-/m1/s1. The molecule has 0 aromatic carbocycles. The third kappa shape index (κ3) is 3.35. The lowest BCUT2D eigenvalue weighted by Crippen LogP contribution is -2.49. The fraction of sp³-hybridized carbons (Fsp3) is 0.875. The van der Waals surface area contributed by atoms with Crippen molar-refractivity contribution in [2.24, 2.45) is 0 Å². The van der Waals surface area contributed by atoms with Gasteiger partial charge in [-0.15, -0.1) is 12.3 Å². The Hall–Kier alpha value is -0.383. The minimum Gasteiger partial charge on any atom is -0.408 e. The molecule has 0 radical (unpaired) electrons. The van der Waals surface area contributed by atoms with Crippen molar-refractivity contribution in [3.05, 3.63) is 0 Å². The van der Waals surface area contributed by atoms with Crippen LogP contribution in [0.15, 0.2) is 0 Å². The maximum Gasteiger partial charge on any atom is 0.192 e. The van der Waals surface area contributed by atoms with Crippen LogP contribution in [0.4, 0.5) is 0 Å². The lowest BCUT2D eigenvalue weighted by molar-refractivity contribution is -0.213. The highest BCUT2D eigenvalue weighted by molar-refractivity contribution is 6.74. The van der Waals surface area contributed by atoms with E-state index in [0.717, 1.165) is 0 Å². The van der Waals surface area contributed by atoms with Gasteiger partial charge in [-0.3, -0.25) is 0 Å². The Morgan fingerprint density at radius 2 is 1.86 bits per heavy atom. The van der Waals surface area contributed by atoms with Gasteiger partial charge >= 0.3 is 0 Å². The number of terminal acetylenes is 1. The monoisotopic (exact) mass is 312 g/mol. The van der Waals surface area contributed by atoms with Gasteiger partial charge in [-0.1, -0.05) is 20.8 Å². The van der Waals surface area contributed by atoms with Crippen molar-refractivity contribution in [1.29, 1.82) is 0 Å². The molecule has 2 rings (SSSR count). The first-order chi connectivity index (χ1) is 9.47. The van der Waals surface area contributed by atoms with E-state index in [1.165, 1.54) is 0 Å². The molecule has 5 heteroatoms. The second kappa shape index (κ2) is 5.36. The molecule has 2 aliphatic heterocycles. The number of ether oxygens (including phenoxy) is 3. The van der Waals surface area contributed by atoms with Gasteiger partial charge in [0.25, 0.3) is 0 Å². The molecule has 4 atom stereocenters. The molecule has 0 bridgehead atoms. The third-order valence-corrected chi connectivity index (χ3v) is 9.12. The molecule has 2 saturated heterocycles. The van der Waals surface area contributed by atoms with E-state index in [2.05, 4.69) is 39.8 Å². The molecule has 120 valence electrons. The van der Waals surface area contributed by atoms with Crippen LogP contribution in [0.3, 0.4) is 0 Å². The summed E-state index contributed by atoms with van der Waals surface area (Å²) in [6, 6.07) is 0. The Bertz CT molecular complexity index is 433. The van der Waals surface area contributed by atoms with Crippen LogP contribution in [0.2, 0.25) is 18.1 Å². The van der Waals surface area contributed by atoms with Crippen LogP contribution in [0.25, 0.3) is 0 Å². The maximum absolute atomic E-state index is 6.55. The molecule has 0 N–H and O–H groups in total. The Morgan fingerprint density at radius 1 is 1.24 bits per heavy atom. The van der Waals surface area contributed by atoms with Gasteiger partial charge < -0.3 is 18.6 Å². The van der Waals surface area contributed by atoms with Crippen molar-refractivity contribution in [2.45, 2.75) is 89.6 Å². The first-order valence-corrected chi connectivity index (χ1v) is 10.5. The largest absolute Gasteiger partial charge is 0.408 e. The van der Waals surface area contributed by atoms with Crippen LogP contribution in [0, 0.1) is 12.3 Å². The summed E-state index contributed by atoms with van der Waals surface area (Å²) in [5.41, 5.74) is 0. The highest BCUT2D eigenvalue weighted by Gasteiger charge is 2.57. The highest BCUT2D eigenvalue weighted by atomic mass is 28.4. The summed E-state index contributed by atoms with van der Waals surface area (Å²) in [5.74, 6) is 2.04. The highest BCUT2D eigenvalue weighted by Crippen LogP contribution is 2.44. The number of fused-ring (bicyclic) bond motifs is 1. The Labute approximate surface area is 129 Å². The van der Waals surface area contributed by atoms with Gasteiger partial charge in [0.2, 0.25) is 0 Å². The summed E-state index contributed by atoms with van der Waals surface area (Å²) in [6.45, 7) is 14.9. The maximum atomic E-state index is 6.55. The predicted octanol–water partition coefficient (Wildman–Crippen LogP) is 3.28. The molecule has 0 saturated carbocycles. The molecule has 4 nitrogen and oxygen atoms in total. The van der Waals surface area contributed by atoms with Crippen molar-refractivity contribution in [3.8, 4) is 12.3 Å². The number of hydrogen-bond acceptors (Lipinski definition) is 4. The lowest BCUT2D eigenvalue weighted by Gasteiger charge is -2.40. The summed E-state index contributed by atoms with van der Waals surface area (Å²) in [7, 11) is -1.93. The quantitative estimate of drug-likeness (QED) is 0.592. The smallest absolute Gasteiger partial charge is 0.192 e. The van der Waals surface area contributed by atoms with Gasteiger partial charge in [0, 0.05) is 6.42 Å². The molecule has 2 fully saturated rings. The second-order valence-corrected chi connectivity index (χ2v) is 12.7. The third-order valence-electron chi connectivity index (χ3n) is 4.64. The van der Waals surface area contributed by atoms with Crippen molar-refractivity contribution >= 4 is 8.32 Å². The topological polar surface area (TPSA) is 36.9 Å². The van der Waals surface area contributed by atoms with Gasteiger partial charge in [0.05, 0.1) is 6.10 Å². The van der Waals surface area contributed by atoms with E-state index in [1.807, 2.05) is 13.8 Å². The van der Waals surface area contributed by atoms with Gasteiger partial charge in [0.1, 0.15) is 12.2 Å². The predicted molar refractivity (Wildman–Crippen MR) is 84.2 cm³/mol. The minimum atomic E-state index is -1.93. The second-order valence-electron chi connectivity index (χ2n) is 7.89. The fourth-order valence-corrected chi connectivity index (χ4v) is 3.81. The zero-order valence-electron chi connectivity index (χ0n) is 14.2. The van der Waals surface area contributed by atoms with E-state index in [-0.39, 0.29) is 29.6 Å². The molecule has 0 unspecified atom stereocenters. The SMILES string of the molecule is C#CC[C@H]1O[C@@H]2OC(C)(C)O[C@@H]2[C@@H]1O[Si](C)(C)C(C)(C)C. The number of rotatable bonds is 3. The Morgan fingerprint density at radius 3 is 2.38 bits per heavy atom. The van der Waals surface area contributed by atoms with Crippen LogP contribution in [-0.4, -0.2) is 38.7 Å². The normalized spacial score (nSPS) is 35.5. The zero-order chi connectivity index (χ0) is 16.1. The number of hydrogen-bond donors (Lipinski definition) is 0. The molecule has 21 heavy (non-hydrogen) atoms. The van der Waals surface area contributed by atoms with Crippen LogP contribution in [0.1, 0.15) is 41.0 Å². The van der Waals surface area contributed by atoms with E-state index in [1.54, 1.807) is 0 Å². The van der Waals surface area contributed by atoms with E-state index in [0.29, 0.717) is 6.42 Å². The molecule has 2 aliphatic rings. The lowest BCUT2D eigenvalue weighted by atomic mass is 10.1. The molecule has 0 aromatic heterocycles. The summed E-state index contributed by atoms with van der Waals surface area (Å²) in [4.78, 5) is 0. The van der Waals surface area contributed by atoms with Crippen molar-refractivity contribution in [3.63, 3.8) is 0 Å². The molecule has 0 aliphatic carbocycles. The van der Waals surface area contributed by atoms with Gasteiger partial charge in [-0.25, -0.2) is 0 Å². The van der Waals surface area contributed by atoms with Crippen LogP contribution < -0.4 is 0 Å². The van der Waals surface area contributed by atoms with Crippen LogP contribution >= 0.6 is 0 Å². The average Bonchev–Trinajstić information content (AvgIpc) is 2.72. The Balaban J connectivity index is 2.19. The zero-order valence-corrected chi connectivity index (χ0v) is 15.2. The first kappa shape index (κ1) is 17.0. The molecule has 0 spiro atoms. The van der Waals surface area contributed by atoms with Gasteiger partial charge in [0.15, 0.2) is 20.4 Å². The van der Waals surface area contributed by atoms with Crippen LogP contribution in [-0.2, 0) is 18.6 Å². The minimum absolute atomic E-state index is 0.126. The summed E-state index contributed by atoms with van der Waals surface area (Å²) >= 11 is 0. The molecular formula is C16H28O4Si. The van der Waals surface area contributed by atoms with E-state index in [9.17, 15) is 0 Å². The molecule has 2 heterocycles. The van der Waals surface area contributed by atoms with Crippen LogP contribution in [0.5, 0.6) is 0 Å². The molecule has 0 aromatic rings. The van der Waals surface area contributed by atoms with Crippen molar-refractivity contribution < 1.29 is 18.6 Å². The van der Waals surface area contributed by atoms with E-state index >= 15 is 0 Å². The fourth-order valence-electron chi connectivity index (χ4n) is 2.49. The first-order valence-electron chi connectivity index (χ1n) is 7.59.